The average molecular weight is 183 g/mol. The zero-order valence-electron chi connectivity index (χ0n) is 6.94. The van der Waals surface area contributed by atoms with E-state index in [1.54, 1.807) is 0 Å². The number of carboxylic acids is 1. The fourth-order valence-electron chi connectivity index (χ4n) is 0.886. The molecule has 0 aromatic carbocycles. The summed E-state index contributed by atoms with van der Waals surface area (Å²) in [6.07, 6.45) is 2.92. The topological polar surface area (TPSA) is 95.1 Å². The molecular formula is C7H9N3O3. The maximum absolute atomic E-state index is 10.7. The summed E-state index contributed by atoms with van der Waals surface area (Å²) < 4.78 is 0. The van der Waals surface area contributed by atoms with E-state index in [2.05, 4.69) is 15.3 Å². The van der Waals surface area contributed by atoms with Crippen LogP contribution in [0.4, 0.5) is 0 Å². The third kappa shape index (κ3) is 2.29. The van der Waals surface area contributed by atoms with E-state index >= 15 is 0 Å². The van der Waals surface area contributed by atoms with Crippen LogP contribution in [0.5, 0.6) is 0 Å². The first-order valence-corrected chi connectivity index (χ1v) is 3.60. The third-order valence-corrected chi connectivity index (χ3v) is 1.39. The fourth-order valence-corrected chi connectivity index (χ4v) is 0.886. The van der Waals surface area contributed by atoms with Gasteiger partial charge in [-0.25, -0.2) is 9.78 Å². The van der Waals surface area contributed by atoms with Gasteiger partial charge in [-0.2, -0.15) is 0 Å². The molecule has 1 unspecified atom stereocenters. The second kappa shape index (κ2) is 3.70. The van der Waals surface area contributed by atoms with Gasteiger partial charge in [-0.3, -0.25) is 4.79 Å². The van der Waals surface area contributed by atoms with Crippen LogP contribution in [0.1, 0.15) is 18.8 Å². The lowest BCUT2D eigenvalue weighted by molar-refractivity contribution is -0.142. The molecule has 70 valence electrons. The van der Waals surface area contributed by atoms with Gasteiger partial charge in [0.15, 0.2) is 6.04 Å². The number of imidazole rings is 1. The molecule has 6 nitrogen and oxygen atoms in total. The molecule has 3 N–H and O–H groups in total. The van der Waals surface area contributed by atoms with E-state index in [0.717, 1.165) is 0 Å². The average Bonchev–Trinajstić information content (AvgIpc) is 2.50. The summed E-state index contributed by atoms with van der Waals surface area (Å²) in [5.74, 6) is -1.35. The lowest BCUT2D eigenvalue weighted by atomic mass is 10.3. The molecule has 1 aromatic rings. The van der Waals surface area contributed by atoms with Crippen molar-refractivity contribution in [2.24, 2.45) is 0 Å². The van der Waals surface area contributed by atoms with Crippen molar-refractivity contribution in [2.45, 2.75) is 13.0 Å². The van der Waals surface area contributed by atoms with Crippen LogP contribution in [0.15, 0.2) is 12.4 Å². The molecule has 1 heterocycles. The van der Waals surface area contributed by atoms with Crippen molar-refractivity contribution in [3.63, 3.8) is 0 Å². The van der Waals surface area contributed by atoms with E-state index < -0.39 is 17.9 Å². The Kier molecular flexibility index (Phi) is 2.63. The van der Waals surface area contributed by atoms with Crippen LogP contribution in [-0.2, 0) is 9.59 Å². The molecule has 0 fully saturated rings. The first-order chi connectivity index (χ1) is 6.11. The molecule has 1 rings (SSSR count). The molecule has 0 saturated carbocycles. The molecule has 6 heteroatoms. The van der Waals surface area contributed by atoms with Gasteiger partial charge in [0.1, 0.15) is 5.82 Å². The van der Waals surface area contributed by atoms with Gasteiger partial charge in [0.05, 0.1) is 0 Å². The standard InChI is InChI=1S/C7H9N3O3/c1-4(11)10-5(7(12)13)6-8-2-3-9-6/h2-3,5H,1H3,(H,8,9)(H,10,11)(H,12,13). The number of nitrogens with one attached hydrogen (secondary N) is 2. The van der Waals surface area contributed by atoms with Crippen LogP contribution in [-0.4, -0.2) is 27.0 Å². The Balaban J connectivity index is 2.81. The summed E-state index contributed by atoms with van der Waals surface area (Å²) in [4.78, 5) is 27.7. The second-order valence-corrected chi connectivity index (χ2v) is 2.45. The number of aromatic nitrogens is 2. The molecule has 0 radical (unpaired) electrons. The summed E-state index contributed by atoms with van der Waals surface area (Å²) in [5, 5.41) is 11.0. The Morgan fingerprint density at radius 2 is 2.38 bits per heavy atom. The Hall–Kier alpha value is -1.85. The molecule has 13 heavy (non-hydrogen) atoms. The van der Waals surface area contributed by atoms with Gasteiger partial charge in [0.25, 0.3) is 0 Å². The second-order valence-electron chi connectivity index (χ2n) is 2.45. The number of amides is 1. The Bertz CT molecular complexity index is 307. The number of nitrogens with zero attached hydrogens (tertiary/aromatic N) is 1. The number of hydrogen-bond acceptors (Lipinski definition) is 3. The Morgan fingerprint density at radius 3 is 2.77 bits per heavy atom. The number of hydrogen-bond donors (Lipinski definition) is 3. The van der Waals surface area contributed by atoms with E-state index in [4.69, 9.17) is 5.11 Å². The molecule has 1 atom stereocenters. The minimum Gasteiger partial charge on any atom is -0.479 e. The van der Waals surface area contributed by atoms with Crippen molar-refractivity contribution in [3.8, 4) is 0 Å². The Morgan fingerprint density at radius 1 is 1.69 bits per heavy atom. The lowest BCUT2D eigenvalue weighted by Crippen LogP contribution is -2.32. The number of H-pyrrole nitrogens is 1. The number of rotatable bonds is 3. The van der Waals surface area contributed by atoms with Gasteiger partial charge in [0, 0.05) is 19.3 Å². The van der Waals surface area contributed by atoms with Gasteiger partial charge in [-0.15, -0.1) is 0 Å². The first-order valence-electron chi connectivity index (χ1n) is 3.60. The van der Waals surface area contributed by atoms with Crippen LogP contribution < -0.4 is 5.32 Å². The summed E-state index contributed by atoms with van der Waals surface area (Å²) >= 11 is 0. The normalized spacial score (nSPS) is 12.1. The quantitative estimate of drug-likeness (QED) is 0.598. The molecule has 0 spiro atoms. The van der Waals surface area contributed by atoms with Crippen LogP contribution in [0.3, 0.4) is 0 Å². The maximum atomic E-state index is 10.7. The van der Waals surface area contributed by atoms with E-state index in [0.29, 0.717) is 0 Å². The summed E-state index contributed by atoms with van der Waals surface area (Å²) in [7, 11) is 0. The van der Waals surface area contributed by atoms with Gasteiger partial charge >= 0.3 is 5.97 Å². The monoisotopic (exact) mass is 183 g/mol. The molecular weight excluding hydrogens is 174 g/mol. The highest BCUT2D eigenvalue weighted by Crippen LogP contribution is 2.06. The SMILES string of the molecule is CC(=O)NC(C(=O)O)c1ncc[nH]1. The van der Waals surface area contributed by atoms with Gasteiger partial charge in [0.2, 0.25) is 5.91 Å². The molecule has 0 aliphatic heterocycles. The van der Waals surface area contributed by atoms with Gasteiger partial charge < -0.3 is 15.4 Å². The van der Waals surface area contributed by atoms with Crippen molar-refractivity contribution in [2.75, 3.05) is 0 Å². The number of carboxylic acid groups (broad SMARTS) is 1. The minimum absolute atomic E-state index is 0.211. The predicted octanol–water partition coefficient (Wildman–Crippen LogP) is -0.329. The summed E-state index contributed by atoms with van der Waals surface area (Å²) in [6.45, 7) is 1.25. The van der Waals surface area contributed by atoms with Gasteiger partial charge in [-0.1, -0.05) is 0 Å². The summed E-state index contributed by atoms with van der Waals surface area (Å²) in [6, 6.07) is -1.10. The predicted molar refractivity (Wildman–Crippen MR) is 42.8 cm³/mol. The minimum atomic E-state index is -1.15. The summed E-state index contributed by atoms with van der Waals surface area (Å²) in [5.41, 5.74) is 0. The van der Waals surface area contributed by atoms with E-state index in [1.807, 2.05) is 0 Å². The number of aliphatic carboxylic acids is 1. The highest BCUT2D eigenvalue weighted by molar-refractivity contribution is 5.82. The largest absolute Gasteiger partial charge is 0.479 e. The van der Waals surface area contributed by atoms with Crippen molar-refractivity contribution in [1.29, 1.82) is 0 Å². The van der Waals surface area contributed by atoms with Crippen molar-refractivity contribution < 1.29 is 14.7 Å². The lowest BCUT2D eigenvalue weighted by Gasteiger charge is -2.09. The highest BCUT2D eigenvalue weighted by atomic mass is 16.4. The van der Waals surface area contributed by atoms with Crippen molar-refractivity contribution in [3.05, 3.63) is 18.2 Å². The molecule has 0 aliphatic rings. The van der Waals surface area contributed by atoms with E-state index in [1.165, 1.54) is 19.3 Å². The molecule has 0 aliphatic carbocycles. The zero-order valence-corrected chi connectivity index (χ0v) is 6.94. The smallest absolute Gasteiger partial charge is 0.334 e. The van der Waals surface area contributed by atoms with E-state index in [9.17, 15) is 9.59 Å². The van der Waals surface area contributed by atoms with Crippen LogP contribution in [0.2, 0.25) is 0 Å². The molecule has 0 bridgehead atoms. The number of carbonyl (C=O) groups excluding carboxylic acids is 1. The van der Waals surface area contributed by atoms with E-state index in [-0.39, 0.29) is 5.82 Å². The molecule has 1 aromatic heterocycles. The third-order valence-electron chi connectivity index (χ3n) is 1.39. The fraction of sp³-hybridized carbons (Fsp3) is 0.286. The molecule has 0 saturated heterocycles. The Labute approximate surface area is 74.0 Å². The van der Waals surface area contributed by atoms with Gasteiger partial charge in [-0.05, 0) is 0 Å². The van der Waals surface area contributed by atoms with Crippen LogP contribution in [0.25, 0.3) is 0 Å². The molecule has 1 amide bonds. The number of carbonyl (C=O) groups is 2. The van der Waals surface area contributed by atoms with Crippen molar-refractivity contribution in [1.82, 2.24) is 15.3 Å². The van der Waals surface area contributed by atoms with Crippen LogP contribution in [0, 0.1) is 0 Å². The van der Waals surface area contributed by atoms with Crippen molar-refractivity contribution >= 4 is 11.9 Å². The number of aromatic amines is 1. The maximum Gasteiger partial charge on any atom is 0.334 e. The first kappa shape index (κ1) is 9.24. The zero-order chi connectivity index (χ0) is 9.84. The van der Waals surface area contributed by atoms with Crippen LogP contribution >= 0.6 is 0 Å². The highest BCUT2D eigenvalue weighted by Gasteiger charge is 2.22.